The van der Waals surface area contributed by atoms with E-state index in [1.165, 1.54) is 20.5 Å². The number of ether oxygens (including phenoxy) is 1. The average Bonchev–Trinajstić information content (AvgIpc) is 2.76. The van der Waals surface area contributed by atoms with E-state index in [4.69, 9.17) is 4.74 Å². The molecule has 0 N–H and O–H groups in total. The Morgan fingerprint density at radius 2 is 1.74 bits per heavy atom. The van der Waals surface area contributed by atoms with Gasteiger partial charge in [-0.2, -0.15) is 0 Å². The van der Waals surface area contributed by atoms with E-state index in [9.17, 15) is 0 Å². The minimum absolute atomic E-state index is 0.892. The fourth-order valence-corrected chi connectivity index (χ4v) is 4.30. The molecule has 2 aromatic carbocycles. The molecule has 0 amide bonds. The Kier molecular flexibility index (Phi) is 3.65. The first-order chi connectivity index (χ1) is 9.19. The molecule has 1 heterocycles. The summed E-state index contributed by atoms with van der Waals surface area (Å²) in [7, 11) is 1.69. The number of methoxy groups -OCH3 is 1. The summed E-state index contributed by atoms with van der Waals surface area (Å²) in [5, 5.41) is 1.23. The van der Waals surface area contributed by atoms with Gasteiger partial charge in [-0.05, 0) is 51.8 Å². The molecule has 0 aliphatic carbocycles. The van der Waals surface area contributed by atoms with Crippen molar-refractivity contribution >= 4 is 53.3 Å². The van der Waals surface area contributed by atoms with Crippen molar-refractivity contribution in [2.45, 2.75) is 0 Å². The maximum atomic E-state index is 5.28. The summed E-state index contributed by atoms with van der Waals surface area (Å²) in [6.07, 6.45) is 0. The molecular formula is C15H10Br2OS. The van der Waals surface area contributed by atoms with Crippen molar-refractivity contribution in [3.63, 3.8) is 0 Å². The molecular weight excluding hydrogens is 388 g/mol. The van der Waals surface area contributed by atoms with E-state index >= 15 is 0 Å². The normalized spacial score (nSPS) is 10.9. The van der Waals surface area contributed by atoms with Gasteiger partial charge in [0.2, 0.25) is 0 Å². The van der Waals surface area contributed by atoms with Gasteiger partial charge in [0.05, 0.1) is 7.11 Å². The van der Waals surface area contributed by atoms with Crippen LogP contribution in [-0.2, 0) is 0 Å². The maximum Gasteiger partial charge on any atom is 0.120 e. The quantitative estimate of drug-likeness (QED) is 0.507. The molecule has 1 nitrogen and oxygen atoms in total. The maximum absolute atomic E-state index is 5.28. The van der Waals surface area contributed by atoms with Crippen LogP contribution in [0.4, 0.5) is 0 Å². The van der Waals surface area contributed by atoms with E-state index in [1.54, 1.807) is 18.4 Å². The van der Waals surface area contributed by atoms with Crippen LogP contribution in [0.25, 0.3) is 20.5 Å². The molecule has 4 heteroatoms. The number of hydrogen-bond donors (Lipinski definition) is 0. The molecule has 1 aromatic heterocycles. The largest absolute Gasteiger partial charge is 0.497 e. The SMILES string of the molecule is COc1ccc2c(Br)c(-c3ccc(Br)cc3)sc2c1. The number of halogens is 2. The van der Waals surface area contributed by atoms with Crippen molar-refractivity contribution in [1.82, 2.24) is 0 Å². The summed E-state index contributed by atoms with van der Waals surface area (Å²) in [6, 6.07) is 14.5. The highest BCUT2D eigenvalue weighted by molar-refractivity contribution is 9.11. The zero-order valence-electron chi connectivity index (χ0n) is 10.1. The number of benzene rings is 2. The van der Waals surface area contributed by atoms with Gasteiger partial charge < -0.3 is 4.74 Å². The second-order valence-electron chi connectivity index (χ2n) is 4.11. The molecule has 0 aliphatic heterocycles. The predicted octanol–water partition coefficient (Wildman–Crippen LogP) is 6.10. The first-order valence-corrected chi connectivity index (χ1v) is 8.11. The van der Waals surface area contributed by atoms with Gasteiger partial charge >= 0.3 is 0 Å². The van der Waals surface area contributed by atoms with Crippen LogP contribution in [0, 0.1) is 0 Å². The number of thiophene rings is 1. The highest BCUT2D eigenvalue weighted by atomic mass is 79.9. The first kappa shape index (κ1) is 13.2. The molecule has 96 valence electrons. The lowest BCUT2D eigenvalue weighted by Gasteiger charge is -1.99. The lowest BCUT2D eigenvalue weighted by atomic mass is 10.1. The van der Waals surface area contributed by atoms with Crippen LogP contribution in [0.3, 0.4) is 0 Å². The zero-order valence-corrected chi connectivity index (χ0v) is 14.1. The van der Waals surface area contributed by atoms with E-state index < -0.39 is 0 Å². The summed E-state index contributed by atoms with van der Waals surface area (Å²) in [5.41, 5.74) is 1.22. The fraction of sp³-hybridized carbons (Fsp3) is 0.0667. The number of rotatable bonds is 2. The van der Waals surface area contributed by atoms with E-state index in [2.05, 4.69) is 68.3 Å². The van der Waals surface area contributed by atoms with Crippen LogP contribution in [0.1, 0.15) is 0 Å². The third-order valence-electron chi connectivity index (χ3n) is 2.94. The molecule has 3 aromatic rings. The highest BCUT2D eigenvalue weighted by Gasteiger charge is 2.12. The zero-order chi connectivity index (χ0) is 13.4. The summed E-state index contributed by atoms with van der Waals surface area (Å²) < 4.78 is 8.75. The topological polar surface area (TPSA) is 9.23 Å². The predicted molar refractivity (Wildman–Crippen MR) is 89.2 cm³/mol. The molecule has 0 unspecified atom stereocenters. The fourth-order valence-electron chi connectivity index (χ4n) is 1.96. The molecule has 0 fully saturated rings. The van der Waals surface area contributed by atoms with Gasteiger partial charge in [0, 0.05) is 23.9 Å². The Hall–Kier alpha value is -0.840. The molecule has 3 rings (SSSR count). The summed E-state index contributed by atoms with van der Waals surface area (Å²) in [4.78, 5) is 1.25. The van der Waals surface area contributed by atoms with Crippen molar-refractivity contribution in [1.29, 1.82) is 0 Å². The minimum atomic E-state index is 0.892. The Morgan fingerprint density at radius 1 is 1.00 bits per heavy atom. The number of hydrogen-bond acceptors (Lipinski definition) is 2. The van der Waals surface area contributed by atoms with Gasteiger partial charge in [0.15, 0.2) is 0 Å². The van der Waals surface area contributed by atoms with Gasteiger partial charge in [-0.1, -0.05) is 28.1 Å². The standard InChI is InChI=1S/C15H10Br2OS/c1-18-11-6-7-12-13(8-11)19-15(14(12)17)9-2-4-10(16)5-3-9/h2-8H,1H3. The van der Waals surface area contributed by atoms with Gasteiger partial charge in [-0.3, -0.25) is 0 Å². The van der Waals surface area contributed by atoms with Gasteiger partial charge in [0.25, 0.3) is 0 Å². The molecule has 19 heavy (non-hydrogen) atoms. The second kappa shape index (κ2) is 5.27. The second-order valence-corrected chi connectivity index (χ2v) is 6.88. The molecule has 0 saturated heterocycles. The molecule has 0 radical (unpaired) electrons. The molecule has 0 saturated carbocycles. The molecule has 0 atom stereocenters. The van der Waals surface area contributed by atoms with Crippen LogP contribution < -0.4 is 4.74 Å². The van der Waals surface area contributed by atoms with Crippen molar-refractivity contribution in [2.75, 3.05) is 7.11 Å². The van der Waals surface area contributed by atoms with Crippen molar-refractivity contribution in [3.8, 4) is 16.2 Å². The summed E-state index contributed by atoms with van der Waals surface area (Å²) >= 11 is 8.95. The highest BCUT2D eigenvalue weighted by Crippen LogP contribution is 2.43. The van der Waals surface area contributed by atoms with Crippen LogP contribution in [-0.4, -0.2) is 7.11 Å². The Labute approximate surface area is 132 Å². The van der Waals surface area contributed by atoms with Crippen LogP contribution in [0.15, 0.2) is 51.4 Å². The van der Waals surface area contributed by atoms with E-state index in [1.807, 2.05) is 6.07 Å². The van der Waals surface area contributed by atoms with Crippen molar-refractivity contribution < 1.29 is 4.74 Å². The molecule has 0 bridgehead atoms. The first-order valence-electron chi connectivity index (χ1n) is 5.71. The van der Waals surface area contributed by atoms with Crippen LogP contribution >= 0.6 is 43.2 Å². The average molecular weight is 398 g/mol. The van der Waals surface area contributed by atoms with Crippen molar-refractivity contribution in [3.05, 3.63) is 51.4 Å². The van der Waals surface area contributed by atoms with Crippen LogP contribution in [0.5, 0.6) is 5.75 Å². The lowest BCUT2D eigenvalue weighted by molar-refractivity contribution is 0.415. The minimum Gasteiger partial charge on any atom is -0.497 e. The third-order valence-corrected chi connectivity index (χ3v) is 5.76. The molecule has 0 aliphatic rings. The summed E-state index contributed by atoms with van der Waals surface area (Å²) in [6.45, 7) is 0. The van der Waals surface area contributed by atoms with E-state index in [0.717, 1.165) is 14.7 Å². The summed E-state index contributed by atoms with van der Waals surface area (Å²) in [5.74, 6) is 0.892. The number of fused-ring (bicyclic) bond motifs is 1. The van der Waals surface area contributed by atoms with Gasteiger partial charge in [-0.15, -0.1) is 11.3 Å². The van der Waals surface area contributed by atoms with E-state index in [-0.39, 0.29) is 0 Å². The monoisotopic (exact) mass is 396 g/mol. The van der Waals surface area contributed by atoms with Crippen LogP contribution in [0.2, 0.25) is 0 Å². The van der Waals surface area contributed by atoms with Crippen molar-refractivity contribution in [2.24, 2.45) is 0 Å². The van der Waals surface area contributed by atoms with E-state index in [0.29, 0.717) is 0 Å². The Balaban J connectivity index is 2.19. The van der Waals surface area contributed by atoms with Gasteiger partial charge in [0.1, 0.15) is 5.75 Å². The lowest BCUT2D eigenvalue weighted by Crippen LogP contribution is -1.79. The smallest absolute Gasteiger partial charge is 0.120 e. The Bertz CT molecular complexity index is 732. The third kappa shape index (κ3) is 2.45. The molecule has 0 spiro atoms. The van der Waals surface area contributed by atoms with Gasteiger partial charge in [-0.25, -0.2) is 0 Å². The Morgan fingerprint density at radius 3 is 2.42 bits per heavy atom.